The van der Waals surface area contributed by atoms with Gasteiger partial charge in [-0.2, -0.15) is 0 Å². The van der Waals surface area contributed by atoms with Gasteiger partial charge in [-0.3, -0.25) is 0 Å². The van der Waals surface area contributed by atoms with Gasteiger partial charge >= 0.3 is 0 Å². The Balaban J connectivity index is 1.01. The molecule has 0 saturated carbocycles. The van der Waals surface area contributed by atoms with Crippen molar-refractivity contribution in [2.75, 3.05) is 9.80 Å². The predicted molar refractivity (Wildman–Crippen MR) is 233 cm³/mol. The van der Waals surface area contributed by atoms with Crippen LogP contribution in [0, 0.1) is 0 Å². The van der Waals surface area contributed by atoms with E-state index in [1.807, 2.05) is 0 Å². The molecule has 0 aromatic heterocycles. The Hall–Kier alpha value is -6.64. The smallest absolute Gasteiger partial charge is 0.0468 e. The second-order valence-electron chi connectivity index (χ2n) is 14.8. The van der Waals surface area contributed by atoms with Crippen molar-refractivity contribution in [2.24, 2.45) is 0 Å². The molecule has 2 heteroatoms. The van der Waals surface area contributed by atoms with Crippen molar-refractivity contribution in [3.63, 3.8) is 0 Å². The Bertz CT molecular complexity index is 2440. The van der Waals surface area contributed by atoms with Gasteiger partial charge in [0.05, 0.1) is 0 Å². The van der Waals surface area contributed by atoms with Crippen LogP contribution in [-0.2, 0) is 5.41 Å². The van der Waals surface area contributed by atoms with E-state index in [-0.39, 0.29) is 5.41 Å². The lowest BCUT2D eigenvalue weighted by Crippen LogP contribution is -2.13. The second kappa shape index (κ2) is 15.1. The summed E-state index contributed by atoms with van der Waals surface area (Å²) in [6.45, 7) is 6.78. The molecule has 0 radical (unpaired) electrons. The fraction of sp³-hybridized carbons (Fsp3) is 0.0769. The van der Waals surface area contributed by atoms with Gasteiger partial charge in [-0.1, -0.05) is 160 Å². The summed E-state index contributed by atoms with van der Waals surface area (Å²) in [5.41, 5.74) is 12.9. The summed E-state index contributed by atoms with van der Waals surface area (Å²) in [5.74, 6) is 0. The van der Waals surface area contributed by atoms with Crippen LogP contribution >= 0.6 is 0 Å². The van der Waals surface area contributed by atoms with Crippen molar-refractivity contribution < 1.29 is 0 Å². The van der Waals surface area contributed by atoms with Gasteiger partial charge in [0.2, 0.25) is 0 Å². The first-order valence-electron chi connectivity index (χ1n) is 18.7. The minimum absolute atomic E-state index is 0.0961. The first-order valence-corrected chi connectivity index (χ1v) is 18.7. The quantitative estimate of drug-likeness (QED) is 0.139. The number of para-hydroxylation sites is 2. The summed E-state index contributed by atoms with van der Waals surface area (Å²) >= 11 is 0. The number of fused-ring (bicyclic) bond motifs is 1. The van der Waals surface area contributed by atoms with E-state index < -0.39 is 0 Å². The van der Waals surface area contributed by atoms with Gasteiger partial charge in [-0.15, -0.1) is 0 Å². The maximum Gasteiger partial charge on any atom is 0.0468 e. The van der Waals surface area contributed by atoms with Crippen LogP contribution in [-0.4, -0.2) is 0 Å². The lowest BCUT2D eigenvalue weighted by atomic mass is 9.87. The fourth-order valence-corrected chi connectivity index (χ4v) is 6.99. The average Bonchev–Trinajstić information content (AvgIpc) is 3.22. The van der Waals surface area contributed by atoms with E-state index in [1.54, 1.807) is 0 Å². The molecule has 8 rings (SSSR count). The number of anilines is 6. The first kappa shape index (κ1) is 34.4. The van der Waals surface area contributed by atoms with Gasteiger partial charge in [0.15, 0.2) is 0 Å². The summed E-state index contributed by atoms with van der Waals surface area (Å²) in [6.07, 6.45) is 4.36. The zero-order valence-corrected chi connectivity index (χ0v) is 31.1. The van der Waals surface area contributed by atoms with E-state index in [4.69, 9.17) is 0 Å². The van der Waals surface area contributed by atoms with Crippen LogP contribution in [0.25, 0.3) is 34.1 Å². The first-order chi connectivity index (χ1) is 26.4. The van der Waals surface area contributed by atoms with Crippen molar-refractivity contribution in [1.29, 1.82) is 0 Å². The minimum Gasteiger partial charge on any atom is -0.311 e. The summed E-state index contributed by atoms with van der Waals surface area (Å²) < 4.78 is 0. The van der Waals surface area contributed by atoms with Gasteiger partial charge in [0, 0.05) is 34.1 Å². The molecule has 2 nitrogen and oxygen atoms in total. The predicted octanol–water partition coefficient (Wildman–Crippen LogP) is 14.9. The maximum absolute atomic E-state index is 2.35. The Morgan fingerprint density at radius 1 is 0.333 bits per heavy atom. The maximum atomic E-state index is 2.35. The van der Waals surface area contributed by atoms with E-state index in [2.05, 4.69) is 243 Å². The third kappa shape index (κ3) is 7.60. The van der Waals surface area contributed by atoms with Crippen LogP contribution in [0.2, 0.25) is 0 Å². The van der Waals surface area contributed by atoms with Crippen molar-refractivity contribution in [3.05, 3.63) is 217 Å². The monoisotopic (exact) mass is 696 g/mol. The number of rotatable bonds is 9. The van der Waals surface area contributed by atoms with Crippen molar-refractivity contribution >= 4 is 57.0 Å². The fourth-order valence-electron chi connectivity index (χ4n) is 6.99. The summed E-state index contributed by atoms with van der Waals surface area (Å²) in [6, 6.07) is 71.8. The number of hydrogen-bond donors (Lipinski definition) is 0. The van der Waals surface area contributed by atoms with Crippen molar-refractivity contribution in [3.8, 4) is 11.1 Å². The van der Waals surface area contributed by atoms with E-state index in [1.165, 1.54) is 27.5 Å². The Labute approximate surface area is 319 Å². The van der Waals surface area contributed by atoms with Gasteiger partial charge in [-0.25, -0.2) is 0 Å². The van der Waals surface area contributed by atoms with Gasteiger partial charge in [0.25, 0.3) is 0 Å². The van der Waals surface area contributed by atoms with Crippen LogP contribution in [0.1, 0.15) is 37.5 Å². The van der Waals surface area contributed by atoms with Crippen LogP contribution in [0.3, 0.4) is 0 Å². The van der Waals surface area contributed by atoms with E-state index in [0.717, 1.165) is 45.3 Å². The van der Waals surface area contributed by atoms with Crippen LogP contribution in [0.15, 0.2) is 200 Å². The minimum atomic E-state index is 0.0961. The molecule has 0 heterocycles. The molecule has 262 valence electrons. The largest absolute Gasteiger partial charge is 0.311 e. The molecule has 0 aliphatic carbocycles. The molecule has 54 heavy (non-hydrogen) atoms. The lowest BCUT2D eigenvalue weighted by molar-refractivity contribution is 0.590. The molecule has 0 amide bonds. The van der Waals surface area contributed by atoms with Gasteiger partial charge < -0.3 is 9.80 Å². The highest BCUT2D eigenvalue weighted by Gasteiger charge is 2.17. The molecule has 0 unspecified atom stereocenters. The zero-order chi connectivity index (χ0) is 36.9. The molecule has 8 aromatic carbocycles. The summed E-state index contributed by atoms with van der Waals surface area (Å²) in [4.78, 5) is 4.63. The number of hydrogen-bond acceptors (Lipinski definition) is 2. The highest BCUT2D eigenvalue weighted by Crippen LogP contribution is 2.38. The Kier molecular flexibility index (Phi) is 9.66. The zero-order valence-electron chi connectivity index (χ0n) is 31.1. The highest BCUT2D eigenvalue weighted by molar-refractivity contribution is 5.89. The number of nitrogens with zero attached hydrogens (tertiary/aromatic N) is 2. The molecule has 0 spiro atoms. The van der Waals surface area contributed by atoms with Gasteiger partial charge in [-0.05, 0) is 117 Å². The molecule has 0 atom stereocenters. The van der Waals surface area contributed by atoms with Crippen molar-refractivity contribution in [2.45, 2.75) is 26.2 Å². The van der Waals surface area contributed by atoms with Crippen LogP contribution < -0.4 is 9.80 Å². The topological polar surface area (TPSA) is 6.48 Å². The van der Waals surface area contributed by atoms with Crippen LogP contribution in [0.4, 0.5) is 34.1 Å². The molecular formula is C52H44N2. The molecule has 0 aliphatic heterocycles. The second-order valence-corrected chi connectivity index (χ2v) is 14.8. The van der Waals surface area contributed by atoms with Crippen LogP contribution in [0.5, 0.6) is 0 Å². The third-order valence-electron chi connectivity index (χ3n) is 10.0. The summed E-state index contributed by atoms with van der Waals surface area (Å²) in [7, 11) is 0. The van der Waals surface area contributed by atoms with Crippen molar-refractivity contribution in [1.82, 2.24) is 0 Å². The van der Waals surface area contributed by atoms with E-state index in [0.29, 0.717) is 0 Å². The molecule has 0 fully saturated rings. The molecule has 0 bridgehead atoms. The Morgan fingerprint density at radius 3 is 1.22 bits per heavy atom. The third-order valence-corrected chi connectivity index (χ3v) is 10.0. The average molecular weight is 697 g/mol. The Morgan fingerprint density at radius 2 is 0.704 bits per heavy atom. The number of benzene rings is 8. The van der Waals surface area contributed by atoms with E-state index >= 15 is 0 Å². The lowest BCUT2D eigenvalue weighted by Gasteiger charge is -2.27. The molecular weight excluding hydrogens is 653 g/mol. The van der Waals surface area contributed by atoms with Gasteiger partial charge in [0.1, 0.15) is 0 Å². The standard InChI is InChI=1S/C52H44N2/c1-52(2,3)45-29-36-50(37-30-45)54(51-35-28-41-12-10-11-13-44(41)38-51)49-33-26-43(27-34-49)42-24-20-39(21-25-42)18-19-40-22-31-48(32-23-40)53(46-14-6-4-7-15-46)47-16-8-5-9-17-47/h4-38H,1-3H3/b19-18+. The normalized spacial score (nSPS) is 11.5. The SMILES string of the molecule is CC(C)(C)c1ccc(N(c2ccc(-c3ccc(/C=C/c4ccc(N(c5ccccc5)c5ccccc5)cc4)cc3)cc2)c2ccc3ccccc3c2)cc1. The molecule has 8 aromatic rings. The molecule has 0 N–H and O–H groups in total. The molecule has 0 aliphatic rings. The van der Waals surface area contributed by atoms with E-state index in [9.17, 15) is 0 Å². The molecule has 0 saturated heterocycles. The highest BCUT2D eigenvalue weighted by atomic mass is 15.1. The summed E-state index contributed by atoms with van der Waals surface area (Å²) in [5, 5.41) is 2.47.